The molecule has 0 saturated carbocycles. The van der Waals surface area contributed by atoms with Crippen LogP contribution in [-0.2, 0) is 0 Å². The number of anilines is 3. The minimum Gasteiger partial charge on any atom is -0.382 e. The number of aromatic nitrogens is 4. The number of nitrogens with two attached hydrogens (primary N) is 1. The number of nitrogens with one attached hydrogen (secondary N) is 3. The van der Waals surface area contributed by atoms with Gasteiger partial charge in [0.15, 0.2) is 0 Å². The van der Waals surface area contributed by atoms with Gasteiger partial charge in [-0.15, -0.1) is 0 Å². The quantitative estimate of drug-likeness (QED) is 0.397. The molecule has 0 spiro atoms. The van der Waals surface area contributed by atoms with E-state index >= 15 is 0 Å². The van der Waals surface area contributed by atoms with Gasteiger partial charge >= 0.3 is 0 Å². The van der Waals surface area contributed by atoms with Crippen molar-refractivity contribution in [2.75, 3.05) is 10.6 Å². The first-order valence-corrected chi connectivity index (χ1v) is 7.80. The minimum atomic E-state index is -0.300. The van der Waals surface area contributed by atoms with E-state index in [2.05, 4.69) is 30.6 Å². The van der Waals surface area contributed by atoms with Gasteiger partial charge in [-0.2, -0.15) is 4.98 Å². The Morgan fingerprint density at radius 2 is 1.92 bits per heavy atom. The monoisotopic (exact) mass is 352 g/mol. The molecule has 0 aliphatic carbocycles. The molecule has 0 aliphatic heterocycles. The van der Waals surface area contributed by atoms with E-state index in [-0.39, 0.29) is 29.3 Å². The van der Waals surface area contributed by atoms with Gasteiger partial charge in [0.05, 0.1) is 12.2 Å². The van der Waals surface area contributed by atoms with E-state index in [1.807, 2.05) is 6.92 Å². The fourth-order valence-electron chi connectivity index (χ4n) is 2.24. The van der Waals surface area contributed by atoms with Crippen LogP contribution in [0, 0.1) is 11.2 Å². The minimum absolute atomic E-state index is 0.179. The molecular formula is C17H17FN8. The lowest BCUT2D eigenvalue weighted by molar-refractivity contribution is 0.626. The van der Waals surface area contributed by atoms with E-state index in [4.69, 9.17) is 11.1 Å². The van der Waals surface area contributed by atoms with Crippen LogP contribution in [0.5, 0.6) is 0 Å². The normalized spacial score (nSPS) is 11.6. The molecule has 0 amide bonds. The maximum Gasteiger partial charge on any atom is 0.225 e. The fourth-order valence-corrected chi connectivity index (χ4v) is 2.24. The van der Waals surface area contributed by atoms with Gasteiger partial charge in [-0.3, -0.25) is 10.4 Å². The molecule has 1 atom stereocenters. The third-order valence-electron chi connectivity index (χ3n) is 3.54. The number of hydrogen-bond acceptors (Lipinski definition) is 7. The third kappa shape index (κ3) is 4.26. The van der Waals surface area contributed by atoms with Crippen molar-refractivity contribution < 1.29 is 4.39 Å². The number of hydrogen-bond donors (Lipinski definition) is 4. The van der Waals surface area contributed by atoms with E-state index in [1.54, 1.807) is 36.8 Å². The first kappa shape index (κ1) is 17.2. The Labute approximate surface area is 149 Å². The van der Waals surface area contributed by atoms with Crippen molar-refractivity contribution in [1.29, 1.82) is 5.41 Å². The molecule has 0 unspecified atom stereocenters. The van der Waals surface area contributed by atoms with Crippen LogP contribution in [-0.4, -0.2) is 25.8 Å². The maximum atomic E-state index is 13.1. The summed E-state index contributed by atoms with van der Waals surface area (Å²) in [6.07, 6.45) is 4.65. The predicted octanol–water partition coefficient (Wildman–Crippen LogP) is 2.61. The summed E-state index contributed by atoms with van der Waals surface area (Å²) < 4.78 is 13.1. The topological polar surface area (TPSA) is 125 Å². The summed E-state index contributed by atoms with van der Waals surface area (Å²) in [4.78, 5) is 16.7. The first-order chi connectivity index (χ1) is 12.5. The number of nitrogens with zero attached hydrogens (tertiary/aromatic N) is 4. The highest BCUT2D eigenvalue weighted by Crippen LogP contribution is 2.20. The first-order valence-electron chi connectivity index (χ1n) is 7.80. The summed E-state index contributed by atoms with van der Waals surface area (Å²) >= 11 is 0. The van der Waals surface area contributed by atoms with Crippen LogP contribution in [0.3, 0.4) is 0 Å². The molecule has 3 aromatic rings. The molecule has 0 radical (unpaired) electrons. The van der Waals surface area contributed by atoms with Gasteiger partial charge in [-0.25, -0.2) is 14.4 Å². The van der Waals surface area contributed by atoms with Crippen LogP contribution >= 0.6 is 0 Å². The summed E-state index contributed by atoms with van der Waals surface area (Å²) in [7, 11) is 0. The molecule has 5 N–H and O–H groups in total. The molecule has 1 aromatic carbocycles. The lowest BCUT2D eigenvalue weighted by Crippen LogP contribution is -2.17. The maximum absolute atomic E-state index is 13.1. The number of amidine groups is 1. The second kappa shape index (κ2) is 7.51. The number of benzene rings is 1. The van der Waals surface area contributed by atoms with Gasteiger partial charge in [0.1, 0.15) is 29.0 Å². The van der Waals surface area contributed by atoms with Crippen LogP contribution in [0.1, 0.15) is 24.2 Å². The molecule has 0 saturated heterocycles. The lowest BCUT2D eigenvalue weighted by Gasteiger charge is -2.16. The second-order valence-electron chi connectivity index (χ2n) is 5.51. The highest BCUT2D eigenvalue weighted by Gasteiger charge is 2.11. The summed E-state index contributed by atoms with van der Waals surface area (Å²) in [5, 5.41) is 13.8. The van der Waals surface area contributed by atoms with Crippen LogP contribution in [0.4, 0.5) is 22.0 Å². The second-order valence-corrected chi connectivity index (χ2v) is 5.51. The summed E-state index contributed by atoms with van der Waals surface area (Å²) in [5.41, 5.74) is 6.70. The average Bonchev–Trinajstić information content (AvgIpc) is 2.63. The molecule has 8 nitrogen and oxygen atoms in total. The van der Waals surface area contributed by atoms with Gasteiger partial charge in [-0.1, -0.05) is 12.1 Å². The van der Waals surface area contributed by atoms with Gasteiger partial charge in [0, 0.05) is 18.5 Å². The molecule has 26 heavy (non-hydrogen) atoms. The molecule has 0 aliphatic rings. The smallest absolute Gasteiger partial charge is 0.225 e. The molecule has 0 fully saturated rings. The van der Waals surface area contributed by atoms with E-state index in [1.165, 1.54) is 12.1 Å². The standard InChI is InChI=1S/C17H17FN8/c1-10(11-2-4-12(18)5-3-11)23-17-24-13(16(19)20)8-14(26-17)25-15-9-21-6-7-22-15/h2-10H,1H3,(H3,19,20)(H2,22,23,24,25,26)/t10-/m0/s1. The van der Waals surface area contributed by atoms with Gasteiger partial charge in [-0.05, 0) is 24.6 Å². The molecule has 2 heterocycles. The zero-order chi connectivity index (χ0) is 18.5. The average molecular weight is 352 g/mol. The van der Waals surface area contributed by atoms with Crippen molar-refractivity contribution in [3.05, 3.63) is 66.0 Å². The Bertz CT molecular complexity index is 898. The molecule has 3 rings (SSSR count). The third-order valence-corrected chi connectivity index (χ3v) is 3.54. The van der Waals surface area contributed by atoms with Gasteiger partial charge < -0.3 is 16.4 Å². The zero-order valence-electron chi connectivity index (χ0n) is 13.9. The van der Waals surface area contributed by atoms with Crippen LogP contribution in [0.2, 0.25) is 0 Å². The Morgan fingerprint density at radius 1 is 1.15 bits per heavy atom. The van der Waals surface area contributed by atoms with Crippen molar-refractivity contribution in [2.24, 2.45) is 5.73 Å². The lowest BCUT2D eigenvalue weighted by atomic mass is 10.1. The van der Waals surface area contributed by atoms with E-state index in [9.17, 15) is 4.39 Å². The number of rotatable bonds is 6. The largest absolute Gasteiger partial charge is 0.382 e. The molecular weight excluding hydrogens is 335 g/mol. The van der Waals surface area contributed by atoms with Crippen molar-refractivity contribution in [3.8, 4) is 0 Å². The van der Waals surface area contributed by atoms with Gasteiger partial charge in [0.2, 0.25) is 5.95 Å². The van der Waals surface area contributed by atoms with Crippen molar-refractivity contribution in [3.63, 3.8) is 0 Å². The summed E-state index contributed by atoms with van der Waals surface area (Å²) in [6.45, 7) is 1.90. The molecule has 0 bridgehead atoms. The highest BCUT2D eigenvalue weighted by molar-refractivity contribution is 5.94. The SMILES string of the molecule is C[C@H](Nc1nc(Nc2cnccn2)cc(C(=N)N)n1)c1ccc(F)cc1. The van der Waals surface area contributed by atoms with E-state index in [0.29, 0.717) is 11.6 Å². The van der Waals surface area contributed by atoms with Crippen LogP contribution < -0.4 is 16.4 Å². The molecule has 9 heteroatoms. The van der Waals surface area contributed by atoms with Crippen molar-refractivity contribution >= 4 is 23.4 Å². The van der Waals surface area contributed by atoms with Crippen molar-refractivity contribution in [2.45, 2.75) is 13.0 Å². The highest BCUT2D eigenvalue weighted by atomic mass is 19.1. The van der Waals surface area contributed by atoms with E-state index < -0.39 is 0 Å². The summed E-state index contributed by atoms with van der Waals surface area (Å²) in [5.74, 6) is 0.706. The Kier molecular flexibility index (Phi) is 4.97. The van der Waals surface area contributed by atoms with Crippen molar-refractivity contribution in [1.82, 2.24) is 19.9 Å². The summed E-state index contributed by atoms with van der Waals surface area (Å²) in [6, 6.07) is 7.51. The fraction of sp³-hybridized carbons (Fsp3) is 0.118. The number of halogens is 1. The van der Waals surface area contributed by atoms with Crippen LogP contribution in [0.25, 0.3) is 0 Å². The Hall–Kier alpha value is -3.62. The van der Waals surface area contributed by atoms with Gasteiger partial charge in [0.25, 0.3) is 0 Å². The Morgan fingerprint density at radius 3 is 2.58 bits per heavy atom. The molecule has 132 valence electrons. The van der Waals surface area contributed by atoms with Crippen LogP contribution in [0.15, 0.2) is 48.9 Å². The molecule has 2 aromatic heterocycles. The number of nitrogen functional groups attached to an aromatic ring is 1. The predicted molar refractivity (Wildman–Crippen MR) is 96.8 cm³/mol. The van der Waals surface area contributed by atoms with E-state index in [0.717, 1.165) is 5.56 Å². The zero-order valence-corrected chi connectivity index (χ0v) is 13.9. The Balaban J connectivity index is 1.85.